The van der Waals surface area contributed by atoms with Gasteiger partial charge in [0.15, 0.2) is 0 Å². The second-order valence-corrected chi connectivity index (χ2v) is 4.79. The molecule has 5 heteroatoms. The van der Waals surface area contributed by atoms with Gasteiger partial charge in [0.05, 0.1) is 0 Å². The van der Waals surface area contributed by atoms with Crippen LogP contribution in [0.4, 0.5) is 4.39 Å². The molecular formula is C14H19FN4. The van der Waals surface area contributed by atoms with Gasteiger partial charge < -0.3 is 9.88 Å². The lowest BCUT2D eigenvalue weighted by atomic mass is 10.1. The minimum atomic E-state index is -0.188. The monoisotopic (exact) mass is 262 g/mol. The van der Waals surface area contributed by atoms with Crippen molar-refractivity contribution in [1.29, 1.82) is 0 Å². The molecule has 1 unspecified atom stereocenters. The molecule has 19 heavy (non-hydrogen) atoms. The highest BCUT2D eigenvalue weighted by molar-refractivity contribution is 5.16. The summed E-state index contributed by atoms with van der Waals surface area (Å²) in [7, 11) is 1.94. The summed E-state index contributed by atoms with van der Waals surface area (Å²) in [6, 6.07) is 7.01. The minimum absolute atomic E-state index is 0.188. The summed E-state index contributed by atoms with van der Waals surface area (Å²) in [4.78, 5) is 0. The zero-order valence-electron chi connectivity index (χ0n) is 11.3. The lowest BCUT2D eigenvalue weighted by Gasteiger charge is -2.13. The zero-order chi connectivity index (χ0) is 13.7. The van der Waals surface area contributed by atoms with Gasteiger partial charge in [0.25, 0.3) is 0 Å². The third kappa shape index (κ3) is 4.13. The van der Waals surface area contributed by atoms with Crippen molar-refractivity contribution in [2.24, 2.45) is 7.05 Å². The molecule has 1 N–H and O–H groups in total. The van der Waals surface area contributed by atoms with Gasteiger partial charge in [-0.15, -0.1) is 10.2 Å². The first-order valence-corrected chi connectivity index (χ1v) is 6.46. The highest BCUT2D eigenvalue weighted by Gasteiger charge is 2.05. The molecule has 1 atom stereocenters. The van der Waals surface area contributed by atoms with E-state index in [1.54, 1.807) is 6.33 Å². The van der Waals surface area contributed by atoms with Crippen molar-refractivity contribution in [1.82, 2.24) is 20.1 Å². The fourth-order valence-corrected chi connectivity index (χ4v) is 2.01. The van der Waals surface area contributed by atoms with Crippen molar-refractivity contribution < 1.29 is 4.39 Å². The SMILES string of the molecule is CC(Cc1ccc(F)cc1)NCCc1nncn1C. The predicted octanol–water partition coefficient (Wildman–Crippen LogP) is 1.72. The maximum atomic E-state index is 12.8. The summed E-state index contributed by atoms with van der Waals surface area (Å²) < 4.78 is 14.7. The number of hydrogen-bond donors (Lipinski definition) is 1. The van der Waals surface area contributed by atoms with E-state index in [0.29, 0.717) is 6.04 Å². The van der Waals surface area contributed by atoms with Gasteiger partial charge in [-0.25, -0.2) is 4.39 Å². The van der Waals surface area contributed by atoms with Crippen LogP contribution in [-0.4, -0.2) is 27.4 Å². The Balaban J connectivity index is 1.74. The smallest absolute Gasteiger partial charge is 0.133 e. The highest BCUT2D eigenvalue weighted by atomic mass is 19.1. The van der Waals surface area contributed by atoms with E-state index < -0.39 is 0 Å². The van der Waals surface area contributed by atoms with Crippen LogP contribution in [0, 0.1) is 5.82 Å². The molecule has 1 aromatic heterocycles. The fraction of sp³-hybridized carbons (Fsp3) is 0.429. The average molecular weight is 262 g/mol. The molecule has 0 aliphatic carbocycles. The summed E-state index contributed by atoms with van der Waals surface area (Å²) in [6.45, 7) is 2.98. The number of hydrogen-bond acceptors (Lipinski definition) is 3. The zero-order valence-corrected chi connectivity index (χ0v) is 11.3. The first kappa shape index (κ1) is 13.7. The van der Waals surface area contributed by atoms with Crippen LogP contribution >= 0.6 is 0 Å². The van der Waals surface area contributed by atoms with Gasteiger partial charge in [0, 0.05) is 26.1 Å². The molecule has 0 saturated heterocycles. The van der Waals surface area contributed by atoms with Crippen molar-refractivity contribution >= 4 is 0 Å². The Bertz CT molecular complexity index is 506. The Morgan fingerprint density at radius 3 is 2.68 bits per heavy atom. The molecule has 1 heterocycles. The molecule has 2 rings (SSSR count). The molecule has 0 fully saturated rings. The maximum absolute atomic E-state index is 12.8. The number of nitrogens with zero attached hydrogens (tertiary/aromatic N) is 3. The van der Waals surface area contributed by atoms with Crippen LogP contribution in [0.25, 0.3) is 0 Å². The van der Waals surface area contributed by atoms with Gasteiger partial charge in [-0.3, -0.25) is 0 Å². The molecule has 0 saturated carbocycles. The van der Waals surface area contributed by atoms with Crippen LogP contribution in [0.15, 0.2) is 30.6 Å². The van der Waals surface area contributed by atoms with Gasteiger partial charge in [-0.05, 0) is 31.0 Å². The first-order chi connectivity index (χ1) is 9.15. The van der Waals surface area contributed by atoms with E-state index in [1.807, 2.05) is 23.7 Å². The Hall–Kier alpha value is -1.75. The van der Waals surface area contributed by atoms with Gasteiger partial charge in [-0.2, -0.15) is 0 Å². The summed E-state index contributed by atoms with van der Waals surface area (Å²) in [5.41, 5.74) is 1.14. The Kier molecular flexibility index (Phi) is 4.63. The second kappa shape index (κ2) is 6.43. The number of aryl methyl sites for hydroxylation is 1. The average Bonchev–Trinajstić information content (AvgIpc) is 2.78. The van der Waals surface area contributed by atoms with Crippen molar-refractivity contribution in [2.45, 2.75) is 25.8 Å². The molecule has 0 aliphatic heterocycles. The quantitative estimate of drug-likeness (QED) is 0.862. The predicted molar refractivity (Wildman–Crippen MR) is 72.3 cm³/mol. The van der Waals surface area contributed by atoms with Crippen LogP contribution in [0.1, 0.15) is 18.3 Å². The van der Waals surface area contributed by atoms with E-state index >= 15 is 0 Å². The molecule has 1 aromatic carbocycles. The van der Waals surface area contributed by atoms with E-state index in [1.165, 1.54) is 12.1 Å². The molecule has 0 bridgehead atoms. The van der Waals surface area contributed by atoms with Crippen molar-refractivity contribution in [3.05, 3.63) is 47.8 Å². The number of halogens is 1. The van der Waals surface area contributed by atoms with Crippen molar-refractivity contribution in [3.63, 3.8) is 0 Å². The van der Waals surface area contributed by atoms with E-state index in [-0.39, 0.29) is 5.82 Å². The van der Waals surface area contributed by atoms with Gasteiger partial charge in [0.1, 0.15) is 18.0 Å². The molecule has 4 nitrogen and oxygen atoms in total. The molecule has 102 valence electrons. The van der Waals surface area contributed by atoms with Crippen LogP contribution in [0.2, 0.25) is 0 Å². The third-order valence-electron chi connectivity index (χ3n) is 3.10. The topological polar surface area (TPSA) is 42.7 Å². The molecule has 0 spiro atoms. The van der Waals surface area contributed by atoms with Gasteiger partial charge >= 0.3 is 0 Å². The summed E-state index contributed by atoms with van der Waals surface area (Å²) in [5, 5.41) is 11.3. The molecule has 0 aliphatic rings. The number of nitrogens with one attached hydrogen (secondary N) is 1. The lowest BCUT2D eigenvalue weighted by Crippen LogP contribution is -2.30. The van der Waals surface area contributed by atoms with E-state index in [0.717, 1.165) is 30.8 Å². The molecule has 2 aromatic rings. The Morgan fingerprint density at radius 2 is 2.05 bits per heavy atom. The standard InChI is InChI=1S/C14H19FN4/c1-11(9-12-3-5-13(15)6-4-12)16-8-7-14-18-17-10-19(14)2/h3-6,10-11,16H,7-9H2,1-2H3. The van der Waals surface area contributed by atoms with Gasteiger partial charge in [0.2, 0.25) is 0 Å². The van der Waals surface area contributed by atoms with Crippen LogP contribution < -0.4 is 5.32 Å². The van der Waals surface area contributed by atoms with Crippen molar-refractivity contribution in [2.75, 3.05) is 6.54 Å². The largest absolute Gasteiger partial charge is 0.321 e. The second-order valence-electron chi connectivity index (χ2n) is 4.79. The third-order valence-corrected chi connectivity index (χ3v) is 3.10. The van der Waals surface area contributed by atoms with E-state index in [4.69, 9.17) is 0 Å². The number of rotatable bonds is 6. The number of aromatic nitrogens is 3. The Labute approximate surface area is 112 Å². The maximum Gasteiger partial charge on any atom is 0.133 e. The summed E-state index contributed by atoms with van der Waals surface area (Å²) in [6.07, 6.45) is 3.45. The molecule has 0 radical (unpaired) electrons. The van der Waals surface area contributed by atoms with Crippen molar-refractivity contribution in [3.8, 4) is 0 Å². The van der Waals surface area contributed by atoms with Crippen LogP contribution in [0.3, 0.4) is 0 Å². The first-order valence-electron chi connectivity index (χ1n) is 6.46. The normalized spacial score (nSPS) is 12.6. The van der Waals surface area contributed by atoms with E-state index in [2.05, 4.69) is 22.4 Å². The molecular weight excluding hydrogens is 243 g/mol. The lowest BCUT2D eigenvalue weighted by molar-refractivity contribution is 0.538. The highest BCUT2D eigenvalue weighted by Crippen LogP contribution is 2.05. The summed E-state index contributed by atoms with van der Waals surface area (Å²) >= 11 is 0. The van der Waals surface area contributed by atoms with Crippen LogP contribution in [0.5, 0.6) is 0 Å². The minimum Gasteiger partial charge on any atom is -0.321 e. The fourth-order valence-electron chi connectivity index (χ4n) is 2.01. The van der Waals surface area contributed by atoms with Gasteiger partial charge in [-0.1, -0.05) is 12.1 Å². The summed E-state index contributed by atoms with van der Waals surface area (Å²) in [5.74, 6) is 0.785. The van der Waals surface area contributed by atoms with Crippen LogP contribution in [-0.2, 0) is 19.9 Å². The Morgan fingerprint density at radius 1 is 1.32 bits per heavy atom. The number of benzene rings is 1. The van der Waals surface area contributed by atoms with E-state index in [9.17, 15) is 4.39 Å². The molecule has 0 amide bonds.